The number of hydrogen-bond donors (Lipinski definition) is 1. The Kier molecular flexibility index (Phi) is 3.83. The quantitative estimate of drug-likeness (QED) is 0.772. The summed E-state index contributed by atoms with van der Waals surface area (Å²) in [4.78, 5) is 2.45. The van der Waals surface area contributed by atoms with Crippen molar-refractivity contribution in [1.82, 2.24) is 10.2 Å². The van der Waals surface area contributed by atoms with Crippen molar-refractivity contribution < 1.29 is 0 Å². The molecule has 0 aromatic rings. The Morgan fingerprint density at radius 2 is 2.31 bits per heavy atom. The van der Waals surface area contributed by atoms with Crippen LogP contribution < -0.4 is 5.32 Å². The first-order valence-corrected chi connectivity index (χ1v) is 6.68. The summed E-state index contributed by atoms with van der Waals surface area (Å²) in [6.07, 6.45) is 5.84. The lowest BCUT2D eigenvalue weighted by Gasteiger charge is -2.35. The van der Waals surface area contributed by atoms with Gasteiger partial charge in [-0.25, -0.2) is 0 Å². The van der Waals surface area contributed by atoms with Gasteiger partial charge in [0.15, 0.2) is 0 Å². The van der Waals surface area contributed by atoms with Crippen molar-refractivity contribution in [1.29, 1.82) is 5.26 Å². The van der Waals surface area contributed by atoms with Crippen LogP contribution in [0, 0.1) is 17.2 Å². The van der Waals surface area contributed by atoms with Crippen molar-refractivity contribution in [2.75, 3.05) is 26.2 Å². The molecule has 1 aliphatic heterocycles. The number of rotatable bonds is 2. The Balaban J connectivity index is 2.06. The number of nitrogens with zero attached hydrogens (tertiary/aromatic N) is 2. The molecule has 0 bridgehead atoms. The lowest BCUT2D eigenvalue weighted by Crippen LogP contribution is -2.47. The van der Waals surface area contributed by atoms with Gasteiger partial charge in [-0.15, -0.1) is 0 Å². The Bertz CT molecular complexity index is 263. The molecule has 2 unspecified atom stereocenters. The molecule has 1 saturated carbocycles. The van der Waals surface area contributed by atoms with Crippen LogP contribution in [0.25, 0.3) is 0 Å². The molecule has 2 atom stereocenters. The van der Waals surface area contributed by atoms with E-state index in [1.54, 1.807) is 0 Å². The molecular formula is C13H23N3. The topological polar surface area (TPSA) is 39.1 Å². The van der Waals surface area contributed by atoms with E-state index < -0.39 is 0 Å². The fourth-order valence-electron chi connectivity index (χ4n) is 3.21. The molecule has 3 nitrogen and oxygen atoms in total. The zero-order valence-electron chi connectivity index (χ0n) is 10.3. The van der Waals surface area contributed by atoms with Crippen LogP contribution in [0.5, 0.6) is 0 Å². The summed E-state index contributed by atoms with van der Waals surface area (Å²) in [6, 6.07) is 2.64. The summed E-state index contributed by atoms with van der Waals surface area (Å²) in [5, 5.41) is 13.0. The predicted octanol–water partition coefficient (Wildman–Crippen LogP) is 1.75. The van der Waals surface area contributed by atoms with Crippen LogP contribution >= 0.6 is 0 Å². The van der Waals surface area contributed by atoms with E-state index in [0.717, 1.165) is 44.9 Å². The maximum absolute atomic E-state index is 9.56. The van der Waals surface area contributed by atoms with E-state index in [4.69, 9.17) is 0 Å². The zero-order chi connectivity index (χ0) is 11.4. The van der Waals surface area contributed by atoms with Gasteiger partial charge in [0.05, 0.1) is 6.07 Å². The van der Waals surface area contributed by atoms with Crippen molar-refractivity contribution >= 4 is 0 Å². The largest absolute Gasteiger partial charge is 0.315 e. The second-order valence-electron chi connectivity index (χ2n) is 5.25. The molecule has 2 aliphatic rings. The van der Waals surface area contributed by atoms with Crippen molar-refractivity contribution in [3.8, 4) is 6.07 Å². The van der Waals surface area contributed by atoms with E-state index in [-0.39, 0.29) is 5.54 Å². The number of nitrogens with one attached hydrogen (secondary N) is 1. The molecule has 2 rings (SSSR count). The van der Waals surface area contributed by atoms with Gasteiger partial charge in [-0.2, -0.15) is 5.26 Å². The van der Waals surface area contributed by atoms with Crippen molar-refractivity contribution in [2.45, 2.75) is 44.6 Å². The highest BCUT2D eigenvalue weighted by atomic mass is 15.2. The molecule has 0 radical (unpaired) electrons. The number of hydrogen-bond acceptors (Lipinski definition) is 3. The maximum atomic E-state index is 9.56. The normalized spacial score (nSPS) is 36.9. The second-order valence-corrected chi connectivity index (χ2v) is 5.25. The number of nitriles is 1. The highest BCUT2D eigenvalue weighted by Gasteiger charge is 2.43. The lowest BCUT2D eigenvalue weighted by molar-refractivity contribution is 0.146. The lowest BCUT2D eigenvalue weighted by atomic mass is 9.94. The second kappa shape index (κ2) is 5.16. The monoisotopic (exact) mass is 221 g/mol. The Morgan fingerprint density at radius 1 is 1.44 bits per heavy atom. The Morgan fingerprint density at radius 3 is 3.00 bits per heavy atom. The SMILES string of the molecule is CCC1CCC(C#N)(N2CCCNCC2)C1. The molecule has 0 aromatic carbocycles. The molecule has 0 spiro atoms. The summed E-state index contributed by atoms with van der Waals surface area (Å²) >= 11 is 0. The molecular weight excluding hydrogens is 198 g/mol. The van der Waals surface area contributed by atoms with E-state index in [1.807, 2.05) is 0 Å². The molecule has 3 heteroatoms. The van der Waals surface area contributed by atoms with Crippen LogP contribution in [0.4, 0.5) is 0 Å². The van der Waals surface area contributed by atoms with Gasteiger partial charge in [0, 0.05) is 19.6 Å². The zero-order valence-corrected chi connectivity index (χ0v) is 10.3. The average molecular weight is 221 g/mol. The first kappa shape index (κ1) is 11.9. The summed E-state index contributed by atoms with van der Waals surface area (Å²) in [5.74, 6) is 0.774. The van der Waals surface area contributed by atoms with Gasteiger partial charge in [-0.05, 0) is 38.1 Å². The van der Waals surface area contributed by atoms with Gasteiger partial charge >= 0.3 is 0 Å². The minimum atomic E-state index is -0.132. The van der Waals surface area contributed by atoms with Gasteiger partial charge < -0.3 is 5.32 Å². The third-order valence-electron chi connectivity index (χ3n) is 4.32. The molecule has 1 heterocycles. The summed E-state index contributed by atoms with van der Waals surface area (Å²) in [6.45, 7) is 6.54. The smallest absolute Gasteiger partial charge is 0.109 e. The minimum absolute atomic E-state index is 0.132. The van der Waals surface area contributed by atoms with Gasteiger partial charge in [-0.1, -0.05) is 13.3 Å². The van der Waals surface area contributed by atoms with Crippen LogP contribution in [-0.4, -0.2) is 36.6 Å². The van der Waals surface area contributed by atoms with E-state index in [1.165, 1.54) is 19.3 Å². The van der Waals surface area contributed by atoms with Crippen molar-refractivity contribution in [3.05, 3.63) is 0 Å². The highest BCUT2D eigenvalue weighted by molar-refractivity contribution is 5.13. The molecule has 1 N–H and O–H groups in total. The minimum Gasteiger partial charge on any atom is -0.315 e. The Hall–Kier alpha value is -0.590. The molecule has 90 valence electrons. The van der Waals surface area contributed by atoms with E-state index in [9.17, 15) is 5.26 Å². The van der Waals surface area contributed by atoms with E-state index in [0.29, 0.717) is 0 Å². The predicted molar refractivity (Wildman–Crippen MR) is 65.0 cm³/mol. The van der Waals surface area contributed by atoms with Crippen molar-refractivity contribution in [3.63, 3.8) is 0 Å². The summed E-state index contributed by atoms with van der Waals surface area (Å²) in [7, 11) is 0. The third-order valence-corrected chi connectivity index (χ3v) is 4.32. The van der Waals surface area contributed by atoms with Crippen LogP contribution in [0.3, 0.4) is 0 Å². The molecule has 1 saturated heterocycles. The summed E-state index contributed by atoms with van der Waals surface area (Å²) in [5.41, 5.74) is -0.132. The fourth-order valence-corrected chi connectivity index (χ4v) is 3.21. The van der Waals surface area contributed by atoms with E-state index in [2.05, 4.69) is 23.2 Å². The van der Waals surface area contributed by atoms with Crippen LogP contribution in [-0.2, 0) is 0 Å². The average Bonchev–Trinajstić information content (AvgIpc) is 2.56. The summed E-state index contributed by atoms with van der Waals surface area (Å²) < 4.78 is 0. The molecule has 0 amide bonds. The van der Waals surface area contributed by atoms with Gasteiger partial charge in [0.25, 0.3) is 0 Å². The Labute approximate surface area is 98.8 Å². The van der Waals surface area contributed by atoms with Gasteiger partial charge in [-0.3, -0.25) is 4.90 Å². The molecule has 2 fully saturated rings. The first-order valence-electron chi connectivity index (χ1n) is 6.68. The molecule has 0 aromatic heterocycles. The first-order chi connectivity index (χ1) is 7.80. The van der Waals surface area contributed by atoms with E-state index >= 15 is 0 Å². The van der Waals surface area contributed by atoms with Gasteiger partial charge in [0.1, 0.15) is 5.54 Å². The standard InChI is InChI=1S/C13H23N3/c1-2-12-4-5-13(10-12,11-14)16-8-3-6-15-7-9-16/h12,15H,2-10H2,1H3. The van der Waals surface area contributed by atoms with Crippen LogP contribution in [0.1, 0.15) is 39.0 Å². The molecule has 16 heavy (non-hydrogen) atoms. The van der Waals surface area contributed by atoms with Crippen LogP contribution in [0.2, 0.25) is 0 Å². The molecule has 1 aliphatic carbocycles. The fraction of sp³-hybridized carbons (Fsp3) is 0.923. The highest BCUT2D eigenvalue weighted by Crippen LogP contribution is 2.40. The van der Waals surface area contributed by atoms with Crippen LogP contribution in [0.15, 0.2) is 0 Å². The maximum Gasteiger partial charge on any atom is 0.109 e. The van der Waals surface area contributed by atoms with Gasteiger partial charge in [0.2, 0.25) is 0 Å². The van der Waals surface area contributed by atoms with Crippen molar-refractivity contribution in [2.24, 2.45) is 5.92 Å². The third kappa shape index (κ3) is 2.23.